The molecule has 92 valence electrons. The van der Waals surface area contributed by atoms with Gasteiger partial charge in [-0.1, -0.05) is 25.1 Å². The Morgan fingerprint density at radius 3 is 3.11 bits per heavy atom. The number of fused-ring (bicyclic) bond motifs is 1. The van der Waals surface area contributed by atoms with Crippen LogP contribution in [-0.4, -0.2) is 11.5 Å². The second-order valence-corrected chi connectivity index (χ2v) is 5.00. The van der Waals surface area contributed by atoms with E-state index in [-0.39, 0.29) is 0 Å². The van der Waals surface area contributed by atoms with Gasteiger partial charge in [-0.25, -0.2) is 4.98 Å². The summed E-state index contributed by atoms with van der Waals surface area (Å²) in [5.41, 5.74) is 2.98. The largest absolute Gasteiger partial charge is 0.464 e. The average molecular weight is 258 g/mol. The highest BCUT2D eigenvalue weighted by Crippen LogP contribution is 2.30. The number of nitrogens with zero attached hydrogens (tertiary/aromatic N) is 1. The van der Waals surface area contributed by atoms with Crippen LogP contribution in [0.1, 0.15) is 11.9 Å². The highest BCUT2D eigenvalue weighted by atomic mass is 32.1. The number of hydrogen-bond acceptors (Lipinski definition) is 4. The molecule has 4 heteroatoms. The summed E-state index contributed by atoms with van der Waals surface area (Å²) < 4.78 is 5.54. The van der Waals surface area contributed by atoms with Gasteiger partial charge in [0.15, 0.2) is 0 Å². The van der Waals surface area contributed by atoms with Gasteiger partial charge in [-0.2, -0.15) is 0 Å². The lowest BCUT2D eigenvalue weighted by Gasteiger charge is -1.95. The van der Waals surface area contributed by atoms with Crippen molar-refractivity contribution >= 4 is 22.3 Å². The van der Waals surface area contributed by atoms with Crippen LogP contribution < -0.4 is 5.32 Å². The molecule has 0 spiro atoms. The Kier molecular flexibility index (Phi) is 3.13. The summed E-state index contributed by atoms with van der Waals surface area (Å²) in [6, 6.07) is 8.04. The fourth-order valence-corrected chi connectivity index (χ4v) is 2.69. The molecule has 0 saturated heterocycles. The van der Waals surface area contributed by atoms with Gasteiger partial charge < -0.3 is 9.73 Å². The van der Waals surface area contributed by atoms with Gasteiger partial charge in [0.1, 0.15) is 16.9 Å². The summed E-state index contributed by atoms with van der Waals surface area (Å²) in [5.74, 6) is 0. The van der Waals surface area contributed by atoms with Gasteiger partial charge in [0.25, 0.3) is 0 Å². The summed E-state index contributed by atoms with van der Waals surface area (Å²) in [7, 11) is 0. The number of furan rings is 1. The maximum absolute atomic E-state index is 5.54. The van der Waals surface area contributed by atoms with Crippen LogP contribution in [0, 0.1) is 0 Å². The number of rotatable bonds is 4. The minimum absolute atomic E-state index is 0.830. The zero-order valence-electron chi connectivity index (χ0n) is 10.1. The maximum Gasteiger partial charge on any atom is 0.134 e. The normalized spacial score (nSPS) is 11.2. The molecule has 3 aromatic rings. The molecule has 0 aliphatic heterocycles. The van der Waals surface area contributed by atoms with Crippen LogP contribution in [-0.2, 0) is 6.54 Å². The van der Waals surface area contributed by atoms with Gasteiger partial charge in [0, 0.05) is 22.9 Å². The highest BCUT2D eigenvalue weighted by Gasteiger charge is 2.10. The van der Waals surface area contributed by atoms with Gasteiger partial charge >= 0.3 is 0 Å². The Hall–Kier alpha value is -1.65. The Morgan fingerprint density at radius 1 is 1.33 bits per heavy atom. The molecule has 2 heterocycles. The highest BCUT2D eigenvalue weighted by molar-refractivity contribution is 7.09. The van der Waals surface area contributed by atoms with Gasteiger partial charge in [-0.15, -0.1) is 11.3 Å². The topological polar surface area (TPSA) is 38.1 Å². The molecular formula is C14H14N2OS. The van der Waals surface area contributed by atoms with Crippen molar-refractivity contribution in [2.24, 2.45) is 0 Å². The Labute approximate surface area is 109 Å². The first-order valence-electron chi connectivity index (χ1n) is 6.00. The maximum atomic E-state index is 5.54. The third kappa shape index (κ3) is 2.05. The molecule has 18 heavy (non-hydrogen) atoms. The molecule has 0 amide bonds. The van der Waals surface area contributed by atoms with Crippen molar-refractivity contribution in [2.75, 3.05) is 6.54 Å². The zero-order chi connectivity index (χ0) is 12.4. The van der Waals surface area contributed by atoms with Crippen molar-refractivity contribution in [1.82, 2.24) is 10.3 Å². The third-order valence-electron chi connectivity index (χ3n) is 2.83. The molecule has 0 saturated carbocycles. The Balaban J connectivity index is 1.96. The number of thiazole rings is 1. The second kappa shape index (κ2) is 4.92. The Bertz CT molecular complexity index is 656. The van der Waals surface area contributed by atoms with Crippen LogP contribution in [0.2, 0.25) is 0 Å². The number of nitrogens with one attached hydrogen (secondary N) is 1. The molecule has 3 nitrogen and oxygen atoms in total. The zero-order valence-corrected chi connectivity index (χ0v) is 11.0. The summed E-state index contributed by atoms with van der Waals surface area (Å²) in [6.07, 6.45) is 1.79. The van der Waals surface area contributed by atoms with Crippen molar-refractivity contribution in [2.45, 2.75) is 13.5 Å². The molecule has 0 radical (unpaired) electrons. The van der Waals surface area contributed by atoms with E-state index in [4.69, 9.17) is 4.42 Å². The minimum atomic E-state index is 0.830. The predicted octanol–water partition coefficient (Wildman–Crippen LogP) is 3.67. The van der Waals surface area contributed by atoms with Gasteiger partial charge in [0.05, 0.1) is 5.69 Å². The van der Waals surface area contributed by atoms with E-state index in [1.165, 1.54) is 0 Å². The van der Waals surface area contributed by atoms with Gasteiger partial charge in [-0.05, 0) is 12.6 Å². The van der Waals surface area contributed by atoms with Crippen molar-refractivity contribution in [3.05, 3.63) is 40.9 Å². The van der Waals surface area contributed by atoms with Crippen LogP contribution in [0.5, 0.6) is 0 Å². The second-order valence-electron chi connectivity index (χ2n) is 4.05. The lowest BCUT2D eigenvalue weighted by atomic mass is 10.1. The summed E-state index contributed by atoms with van der Waals surface area (Å²) in [6.45, 7) is 3.89. The first-order chi connectivity index (χ1) is 8.88. The van der Waals surface area contributed by atoms with Crippen LogP contribution in [0.25, 0.3) is 22.2 Å². The van der Waals surface area contributed by atoms with Crippen molar-refractivity contribution in [3.63, 3.8) is 0 Å². The standard InChI is InChI=1S/C14H14N2OS/c1-2-15-7-14-16-12(9-18-14)11-8-17-13-6-4-3-5-10(11)13/h3-6,8-9,15H,2,7H2,1H3. The molecule has 0 aliphatic rings. The number of hydrogen-bond donors (Lipinski definition) is 1. The SMILES string of the molecule is CCNCc1nc(-c2coc3ccccc23)cs1. The molecule has 3 rings (SSSR count). The van der Waals surface area contributed by atoms with Crippen molar-refractivity contribution < 1.29 is 4.42 Å². The number of benzene rings is 1. The molecular weight excluding hydrogens is 244 g/mol. The van der Waals surface area contributed by atoms with E-state index in [0.717, 1.165) is 40.3 Å². The average Bonchev–Trinajstić information content (AvgIpc) is 3.02. The number of para-hydroxylation sites is 1. The van der Waals surface area contributed by atoms with Crippen LogP contribution in [0.15, 0.2) is 40.3 Å². The Morgan fingerprint density at radius 2 is 2.22 bits per heavy atom. The van der Waals surface area contributed by atoms with E-state index < -0.39 is 0 Å². The van der Waals surface area contributed by atoms with Crippen LogP contribution in [0.3, 0.4) is 0 Å². The van der Waals surface area contributed by atoms with E-state index in [1.807, 2.05) is 18.2 Å². The number of aromatic nitrogens is 1. The fourth-order valence-electron chi connectivity index (χ4n) is 1.92. The van der Waals surface area contributed by atoms with E-state index >= 15 is 0 Å². The molecule has 0 fully saturated rings. The summed E-state index contributed by atoms with van der Waals surface area (Å²) in [5, 5.41) is 7.60. The first kappa shape index (κ1) is 11.4. The fraction of sp³-hybridized carbons (Fsp3) is 0.214. The molecule has 2 aromatic heterocycles. The monoisotopic (exact) mass is 258 g/mol. The molecule has 0 bridgehead atoms. The van der Waals surface area contributed by atoms with E-state index in [0.29, 0.717) is 0 Å². The smallest absolute Gasteiger partial charge is 0.134 e. The lowest BCUT2D eigenvalue weighted by molar-refractivity contribution is 0.617. The molecule has 0 atom stereocenters. The van der Waals surface area contributed by atoms with Crippen molar-refractivity contribution in [3.8, 4) is 11.3 Å². The lowest BCUT2D eigenvalue weighted by Crippen LogP contribution is -2.11. The van der Waals surface area contributed by atoms with E-state index in [2.05, 4.69) is 28.7 Å². The van der Waals surface area contributed by atoms with Crippen LogP contribution in [0.4, 0.5) is 0 Å². The van der Waals surface area contributed by atoms with Crippen LogP contribution >= 0.6 is 11.3 Å². The summed E-state index contributed by atoms with van der Waals surface area (Å²) in [4.78, 5) is 4.64. The van der Waals surface area contributed by atoms with E-state index in [9.17, 15) is 0 Å². The molecule has 0 unspecified atom stereocenters. The first-order valence-corrected chi connectivity index (χ1v) is 6.88. The van der Waals surface area contributed by atoms with Crippen molar-refractivity contribution in [1.29, 1.82) is 0 Å². The predicted molar refractivity (Wildman–Crippen MR) is 74.7 cm³/mol. The molecule has 1 aromatic carbocycles. The quantitative estimate of drug-likeness (QED) is 0.776. The van der Waals surface area contributed by atoms with Gasteiger partial charge in [0.2, 0.25) is 0 Å². The summed E-state index contributed by atoms with van der Waals surface area (Å²) >= 11 is 1.68. The molecule has 1 N–H and O–H groups in total. The minimum Gasteiger partial charge on any atom is -0.464 e. The van der Waals surface area contributed by atoms with E-state index in [1.54, 1.807) is 17.6 Å². The molecule has 0 aliphatic carbocycles. The van der Waals surface area contributed by atoms with Gasteiger partial charge in [-0.3, -0.25) is 0 Å². The third-order valence-corrected chi connectivity index (χ3v) is 3.68.